The number of sulfone groups is 1. The summed E-state index contributed by atoms with van der Waals surface area (Å²) in [6, 6.07) is 0. The first kappa shape index (κ1) is 8.52. The quantitative estimate of drug-likeness (QED) is 0.522. The summed E-state index contributed by atoms with van der Waals surface area (Å²) in [4.78, 5) is 11.7. The molecule has 0 unspecified atom stereocenters. The largest absolute Gasteiger partial charge is 0.344 e. The number of likely N-dealkylation sites (tertiary alicyclic amines) is 1. The third kappa shape index (κ3) is 1.92. The van der Waals surface area contributed by atoms with Crippen molar-refractivity contribution >= 4 is 16.2 Å². The molecular weight excluding hydrogens is 166 g/mol. The molecule has 0 bridgehead atoms. The van der Waals surface area contributed by atoms with Crippen LogP contribution in [0.3, 0.4) is 0 Å². The maximum Gasteiger partial charge on any atom is 0.209 e. The highest BCUT2D eigenvalue weighted by Crippen LogP contribution is 2.13. The van der Waals surface area contributed by atoms with E-state index in [1.54, 1.807) is 0 Å². The first-order valence-corrected chi connectivity index (χ1v) is 5.37. The molecule has 1 amide bonds. The van der Waals surface area contributed by atoms with Crippen LogP contribution in [0.25, 0.3) is 0 Å². The van der Waals surface area contributed by atoms with Crippen LogP contribution in [-0.4, -0.2) is 44.3 Å². The molecule has 1 heterocycles. The van der Waals surface area contributed by atoms with Crippen LogP contribution in [0.2, 0.25) is 0 Å². The maximum atomic E-state index is 11.0. The summed E-state index contributed by atoms with van der Waals surface area (Å²) < 4.78 is 21.9. The smallest absolute Gasteiger partial charge is 0.209 e. The minimum Gasteiger partial charge on any atom is -0.344 e. The van der Waals surface area contributed by atoms with Crippen molar-refractivity contribution in [2.75, 3.05) is 19.3 Å². The van der Waals surface area contributed by atoms with Gasteiger partial charge in [0.2, 0.25) is 6.41 Å². The Morgan fingerprint density at radius 2 is 2.18 bits per heavy atom. The zero-order chi connectivity index (χ0) is 8.48. The van der Waals surface area contributed by atoms with E-state index in [4.69, 9.17) is 0 Å². The highest BCUT2D eigenvalue weighted by Gasteiger charge is 2.28. The zero-order valence-electron chi connectivity index (χ0n) is 6.36. The summed E-state index contributed by atoms with van der Waals surface area (Å²) in [6.07, 6.45) is 2.49. The molecule has 0 aliphatic carbocycles. The van der Waals surface area contributed by atoms with Crippen LogP contribution in [0.1, 0.15) is 6.42 Å². The van der Waals surface area contributed by atoms with Crippen molar-refractivity contribution < 1.29 is 13.2 Å². The van der Waals surface area contributed by atoms with Crippen LogP contribution in [0.15, 0.2) is 0 Å². The average molecular weight is 177 g/mol. The second kappa shape index (κ2) is 2.81. The van der Waals surface area contributed by atoms with Crippen molar-refractivity contribution in [1.29, 1.82) is 0 Å². The van der Waals surface area contributed by atoms with E-state index in [1.807, 2.05) is 0 Å². The molecule has 0 spiro atoms. The molecule has 0 radical (unpaired) electrons. The van der Waals surface area contributed by atoms with E-state index in [-0.39, 0.29) is 5.25 Å². The topological polar surface area (TPSA) is 54.5 Å². The second-order valence-electron chi connectivity index (χ2n) is 2.84. The third-order valence-corrected chi connectivity index (χ3v) is 3.53. The summed E-state index contributed by atoms with van der Waals surface area (Å²) in [5.41, 5.74) is 0. The van der Waals surface area contributed by atoms with Gasteiger partial charge in [0.05, 0.1) is 5.25 Å². The fourth-order valence-electron chi connectivity index (χ4n) is 1.20. The van der Waals surface area contributed by atoms with Gasteiger partial charge in [-0.2, -0.15) is 0 Å². The van der Waals surface area contributed by atoms with E-state index in [0.717, 1.165) is 0 Å². The molecule has 0 saturated carbocycles. The monoisotopic (exact) mass is 177 g/mol. The standard InChI is InChI=1S/C6H11NO3S/c1-11(9,10)6-2-3-7(4-6)5-8/h5-6H,2-4H2,1H3/t6-/m0/s1. The van der Waals surface area contributed by atoms with E-state index in [1.165, 1.54) is 11.2 Å². The molecule has 11 heavy (non-hydrogen) atoms. The summed E-state index contributed by atoms with van der Waals surface area (Å²) >= 11 is 0. The fraction of sp³-hybridized carbons (Fsp3) is 0.833. The van der Waals surface area contributed by atoms with E-state index in [2.05, 4.69) is 0 Å². The lowest BCUT2D eigenvalue weighted by Crippen LogP contribution is -2.25. The SMILES string of the molecule is CS(=O)(=O)[C@H]1CCN(C=O)C1. The molecule has 5 heteroatoms. The van der Waals surface area contributed by atoms with Gasteiger partial charge in [-0.1, -0.05) is 0 Å². The number of nitrogens with zero attached hydrogens (tertiary/aromatic N) is 1. The average Bonchev–Trinajstić information content (AvgIpc) is 2.32. The molecule has 1 aliphatic heterocycles. The van der Waals surface area contributed by atoms with E-state index in [0.29, 0.717) is 25.9 Å². The third-order valence-electron chi connectivity index (χ3n) is 1.93. The van der Waals surface area contributed by atoms with Crippen molar-refractivity contribution in [3.63, 3.8) is 0 Å². The van der Waals surface area contributed by atoms with Crippen LogP contribution in [-0.2, 0) is 14.6 Å². The van der Waals surface area contributed by atoms with Crippen LogP contribution in [0.4, 0.5) is 0 Å². The van der Waals surface area contributed by atoms with Crippen molar-refractivity contribution in [2.45, 2.75) is 11.7 Å². The number of carbonyl (C=O) groups is 1. The molecule has 0 aromatic rings. The number of hydrogen-bond donors (Lipinski definition) is 0. The lowest BCUT2D eigenvalue weighted by molar-refractivity contribution is -0.117. The first-order valence-electron chi connectivity index (χ1n) is 3.42. The molecule has 0 N–H and O–H groups in total. The molecule has 1 rings (SSSR count). The predicted molar refractivity (Wildman–Crippen MR) is 40.9 cm³/mol. The van der Waals surface area contributed by atoms with Gasteiger partial charge in [-0.3, -0.25) is 4.79 Å². The van der Waals surface area contributed by atoms with E-state index >= 15 is 0 Å². The van der Waals surface area contributed by atoms with Gasteiger partial charge in [0, 0.05) is 19.3 Å². The molecule has 1 fully saturated rings. The molecule has 0 aromatic carbocycles. The Hall–Kier alpha value is -0.580. The second-order valence-corrected chi connectivity index (χ2v) is 5.17. The Labute approximate surface area is 66.1 Å². The van der Waals surface area contributed by atoms with Gasteiger partial charge < -0.3 is 4.90 Å². The molecule has 64 valence electrons. The Morgan fingerprint density at radius 1 is 1.55 bits per heavy atom. The summed E-state index contributed by atoms with van der Waals surface area (Å²) in [7, 11) is -2.95. The summed E-state index contributed by atoms with van der Waals surface area (Å²) in [6.45, 7) is 0.934. The van der Waals surface area contributed by atoms with Gasteiger partial charge in [0.15, 0.2) is 9.84 Å². The Bertz CT molecular complexity index is 247. The summed E-state index contributed by atoms with van der Waals surface area (Å²) in [5, 5.41) is -0.340. The van der Waals surface area contributed by atoms with E-state index in [9.17, 15) is 13.2 Å². The van der Waals surface area contributed by atoms with Crippen molar-refractivity contribution in [3.05, 3.63) is 0 Å². The lowest BCUT2D eigenvalue weighted by atomic mass is 10.4. The maximum absolute atomic E-state index is 11.0. The molecular formula is C6H11NO3S. The fourth-order valence-corrected chi connectivity index (χ4v) is 2.19. The lowest BCUT2D eigenvalue weighted by Gasteiger charge is -2.07. The van der Waals surface area contributed by atoms with Crippen molar-refractivity contribution in [3.8, 4) is 0 Å². The minimum absolute atomic E-state index is 0.340. The van der Waals surface area contributed by atoms with Gasteiger partial charge in [-0.25, -0.2) is 8.42 Å². The normalized spacial score (nSPS) is 25.5. The first-order chi connectivity index (χ1) is 5.04. The molecule has 0 aromatic heterocycles. The Kier molecular flexibility index (Phi) is 2.17. The highest BCUT2D eigenvalue weighted by atomic mass is 32.2. The number of carbonyl (C=O) groups excluding carboxylic acids is 1. The summed E-state index contributed by atoms with van der Waals surface area (Å²) in [5.74, 6) is 0. The van der Waals surface area contributed by atoms with Gasteiger partial charge in [0.1, 0.15) is 0 Å². The Morgan fingerprint density at radius 3 is 2.45 bits per heavy atom. The van der Waals surface area contributed by atoms with E-state index < -0.39 is 9.84 Å². The van der Waals surface area contributed by atoms with Crippen LogP contribution in [0.5, 0.6) is 0 Å². The number of rotatable bonds is 2. The van der Waals surface area contributed by atoms with Gasteiger partial charge in [-0.15, -0.1) is 0 Å². The predicted octanol–water partition coefficient (Wildman–Crippen LogP) is -0.738. The Balaban J connectivity index is 2.62. The zero-order valence-corrected chi connectivity index (χ0v) is 7.17. The minimum atomic E-state index is -2.95. The molecule has 1 saturated heterocycles. The number of amides is 1. The molecule has 1 aliphatic rings. The highest BCUT2D eigenvalue weighted by molar-refractivity contribution is 7.91. The van der Waals surface area contributed by atoms with Crippen molar-refractivity contribution in [1.82, 2.24) is 4.90 Å². The van der Waals surface area contributed by atoms with Crippen LogP contribution < -0.4 is 0 Å². The van der Waals surface area contributed by atoms with Gasteiger partial charge >= 0.3 is 0 Å². The molecule has 1 atom stereocenters. The van der Waals surface area contributed by atoms with Crippen LogP contribution >= 0.6 is 0 Å². The van der Waals surface area contributed by atoms with Gasteiger partial charge in [-0.05, 0) is 6.42 Å². The van der Waals surface area contributed by atoms with Crippen molar-refractivity contribution in [2.24, 2.45) is 0 Å². The van der Waals surface area contributed by atoms with Gasteiger partial charge in [0.25, 0.3) is 0 Å². The van der Waals surface area contributed by atoms with Crippen LogP contribution in [0, 0.1) is 0 Å². The number of hydrogen-bond acceptors (Lipinski definition) is 3. The molecule has 4 nitrogen and oxygen atoms in total.